The van der Waals surface area contributed by atoms with Crippen LogP contribution in [0.2, 0.25) is 0 Å². The van der Waals surface area contributed by atoms with Gasteiger partial charge >= 0.3 is 0 Å². The molecule has 1 nitrogen and oxygen atoms in total. The maximum atomic E-state index is 2.39. The molecule has 1 aliphatic rings. The zero-order valence-electron chi connectivity index (χ0n) is 17.3. The summed E-state index contributed by atoms with van der Waals surface area (Å²) < 4.78 is 5.17. The van der Waals surface area contributed by atoms with Gasteiger partial charge in [0.2, 0.25) is 0 Å². The van der Waals surface area contributed by atoms with Crippen LogP contribution in [-0.4, -0.2) is 4.57 Å². The number of hydrogen-bond donors (Lipinski definition) is 0. The van der Waals surface area contributed by atoms with Crippen molar-refractivity contribution in [3.8, 4) is 11.1 Å². The summed E-state index contributed by atoms with van der Waals surface area (Å²) in [5.41, 5.74) is 8.34. The van der Waals surface area contributed by atoms with Crippen molar-refractivity contribution in [2.24, 2.45) is 7.05 Å². The Morgan fingerprint density at radius 3 is 2.33 bits per heavy atom. The number of benzene rings is 4. The van der Waals surface area contributed by atoms with Gasteiger partial charge in [0.15, 0.2) is 0 Å². The first-order chi connectivity index (χ1) is 14.6. The Kier molecular flexibility index (Phi) is 2.96. The normalized spacial score (nSPS) is 14.8. The Labute approximate surface area is 179 Å². The second-order valence-corrected chi connectivity index (χ2v) is 10.1. The fraction of sp³-hybridized carbons (Fsp3) is 0.143. The van der Waals surface area contributed by atoms with Crippen molar-refractivity contribution in [3.05, 3.63) is 83.9 Å². The lowest BCUT2D eigenvalue weighted by atomic mass is 9.80. The molecule has 0 saturated carbocycles. The lowest BCUT2D eigenvalue weighted by Crippen LogP contribution is -2.15. The first-order valence-corrected chi connectivity index (χ1v) is 11.3. The molecule has 144 valence electrons. The van der Waals surface area contributed by atoms with Crippen LogP contribution in [0.5, 0.6) is 0 Å². The van der Waals surface area contributed by atoms with Crippen LogP contribution in [0.3, 0.4) is 0 Å². The summed E-state index contributed by atoms with van der Waals surface area (Å²) >= 11 is 1.94. The number of fused-ring (bicyclic) bond motifs is 11. The number of nitrogens with zero attached hydrogens (tertiary/aromatic N) is 1. The van der Waals surface area contributed by atoms with E-state index >= 15 is 0 Å². The number of rotatable bonds is 0. The molecule has 6 aromatic rings. The van der Waals surface area contributed by atoms with E-state index in [9.17, 15) is 0 Å². The Hall–Kier alpha value is -3.10. The van der Waals surface area contributed by atoms with Crippen molar-refractivity contribution >= 4 is 53.3 Å². The van der Waals surface area contributed by atoms with Gasteiger partial charge in [-0.05, 0) is 40.5 Å². The molecule has 0 saturated heterocycles. The second-order valence-electron chi connectivity index (χ2n) is 9.05. The quantitative estimate of drug-likeness (QED) is 0.242. The molecule has 0 radical (unpaired) electrons. The molecule has 0 unspecified atom stereocenters. The molecular weight excluding hydrogens is 382 g/mol. The zero-order chi connectivity index (χ0) is 20.2. The number of aryl methyl sites for hydroxylation is 1. The van der Waals surface area contributed by atoms with Crippen molar-refractivity contribution < 1.29 is 0 Å². The highest BCUT2D eigenvalue weighted by molar-refractivity contribution is 7.26. The van der Waals surface area contributed by atoms with Crippen LogP contribution in [0.4, 0.5) is 0 Å². The van der Waals surface area contributed by atoms with Crippen LogP contribution in [0, 0.1) is 0 Å². The largest absolute Gasteiger partial charge is 0.344 e. The fourth-order valence-corrected chi connectivity index (χ4v) is 7.08. The summed E-state index contributed by atoms with van der Waals surface area (Å²) in [7, 11) is 2.21. The van der Waals surface area contributed by atoms with E-state index < -0.39 is 0 Å². The third-order valence-electron chi connectivity index (χ3n) is 7.20. The number of hydrogen-bond acceptors (Lipinski definition) is 1. The van der Waals surface area contributed by atoms with E-state index in [1.165, 1.54) is 64.2 Å². The van der Waals surface area contributed by atoms with Gasteiger partial charge in [0, 0.05) is 48.9 Å². The minimum Gasteiger partial charge on any atom is -0.344 e. The SMILES string of the molecule is Cn1c2ccc3c(c2c2c4sc5ccccc5c4ccc21)C(C)(C)c1ccccc1-3. The average molecular weight is 404 g/mol. The first-order valence-electron chi connectivity index (χ1n) is 10.5. The Balaban J connectivity index is 1.77. The maximum absolute atomic E-state index is 2.39. The van der Waals surface area contributed by atoms with Crippen LogP contribution < -0.4 is 0 Å². The van der Waals surface area contributed by atoms with E-state index in [0.717, 1.165) is 0 Å². The summed E-state index contributed by atoms with van der Waals surface area (Å²) in [5, 5.41) is 5.60. The fourth-order valence-electron chi connectivity index (χ4n) is 5.82. The standard InChI is InChI=1S/C28H21NS/c1-28(2)20-10-6-4-8-16(20)18-12-14-21-24(26(18)28)25-22(29(21)3)15-13-19-17-9-5-7-11-23(17)30-27(19)25/h4-15H,1-3H3. The van der Waals surface area contributed by atoms with E-state index in [1.54, 1.807) is 0 Å². The molecule has 0 atom stereocenters. The number of thiophene rings is 1. The van der Waals surface area contributed by atoms with Crippen LogP contribution in [0.15, 0.2) is 72.8 Å². The molecule has 1 aliphatic carbocycles. The number of aromatic nitrogens is 1. The van der Waals surface area contributed by atoms with E-state index in [1.807, 2.05) is 11.3 Å². The van der Waals surface area contributed by atoms with Crippen LogP contribution in [0.1, 0.15) is 25.0 Å². The maximum Gasteiger partial charge on any atom is 0.0503 e. The van der Waals surface area contributed by atoms with E-state index in [-0.39, 0.29) is 5.41 Å². The molecule has 30 heavy (non-hydrogen) atoms. The van der Waals surface area contributed by atoms with Crippen LogP contribution in [0.25, 0.3) is 53.1 Å². The predicted octanol–water partition coefficient (Wildman–Crippen LogP) is 8.01. The van der Waals surface area contributed by atoms with E-state index in [0.29, 0.717) is 0 Å². The van der Waals surface area contributed by atoms with Crippen molar-refractivity contribution in [1.82, 2.24) is 4.57 Å². The van der Waals surface area contributed by atoms with E-state index in [4.69, 9.17) is 0 Å². The average Bonchev–Trinajstić information content (AvgIpc) is 3.36. The second kappa shape index (κ2) is 5.33. The lowest BCUT2D eigenvalue weighted by Gasteiger charge is -2.22. The summed E-state index contributed by atoms with van der Waals surface area (Å²) in [6.07, 6.45) is 0. The van der Waals surface area contributed by atoms with Crippen LogP contribution in [-0.2, 0) is 12.5 Å². The molecule has 7 rings (SSSR count). The first kappa shape index (κ1) is 16.7. The molecule has 0 spiro atoms. The molecule has 0 aliphatic heterocycles. The summed E-state index contributed by atoms with van der Waals surface area (Å²) in [4.78, 5) is 0. The summed E-state index contributed by atoms with van der Waals surface area (Å²) in [6, 6.07) is 27.0. The third-order valence-corrected chi connectivity index (χ3v) is 8.40. The monoisotopic (exact) mass is 403 g/mol. The van der Waals surface area contributed by atoms with Gasteiger partial charge in [0.25, 0.3) is 0 Å². The van der Waals surface area contributed by atoms with Gasteiger partial charge in [-0.3, -0.25) is 0 Å². The third kappa shape index (κ3) is 1.80. The van der Waals surface area contributed by atoms with Gasteiger partial charge < -0.3 is 4.57 Å². The summed E-state index contributed by atoms with van der Waals surface area (Å²) in [5.74, 6) is 0. The molecule has 0 amide bonds. The van der Waals surface area contributed by atoms with Gasteiger partial charge in [0.05, 0.1) is 5.52 Å². The molecule has 2 heteroatoms. The molecule has 2 aromatic heterocycles. The van der Waals surface area contributed by atoms with Gasteiger partial charge in [-0.25, -0.2) is 0 Å². The minimum absolute atomic E-state index is 0.0153. The molecule has 0 N–H and O–H groups in total. The molecule has 2 heterocycles. The van der Waals surface area contributed by atoms with Crippen molar-refractivity contribution in [2.45, 2.75) is 19.3 Å². The van der Waals surface area contributed by atoms with Crippen LogP contribution >= 0.6 is 11.3 Å². The summed E-state index contributed by atoms with van der Waals surface area (Å²) in [6.45, 7) is 4.78. The van der Waals surface area contributed by atoms with Gasteiger partial charge in [-0.15, -0.1) is 11.3 Å². The highest BCUT2D eigenvalue weighted by Gasteiger charge is 2.38. The van der Waals surface area contributed by atoms with E-state index in [2.05, 4.69) is 98.3 Å². The molecule has 0 fully saturated rings. The zero-order valence-corrected chi connectivity index (χ0v) is 18.1. The minimum atomic E-state index is -0.0153. The highest BCUT2D eigenvalue weighted by atomic mass is 32.1. The Morgan fingerprint density at radius 2 is 1.43 bits per heavy atom. The van der Waals surface area contributed by atoms with Gasteiger partial charge in [0.1, 0.15) is 0 Å². The smallest absolute Gasteiger partial charge is 0.0503 e. The molecule has 4 aromatic carbocycles. The van der Waals surface area contributed by atoms with Crippen molar-refractivity contribution in [2.75, 3.05) is 0 Å². The van der Waals surface area contributed by atoms with Crippen molar-refractivity contribution in [1.29, 1.82) is 0 Å². The Morgan fingerprint density at radius 1 is 0.700 bits per heavy atom. The Bertz CT molecular complexity index is 1680. The van der Waals surface area contributed by atoms with Gasteiger partial charge in [-0.2, -0.15) is 0 Å². The molecule has 0 bridgehead atoms. The topological polar surface area (TPSA) is 4.93 Å². The van der Waals surface area contributed by atoms with Gasteiger partial charge in [-0.1, -0.05) is 68.4 Å². The van der Waals surface area contributed by atoms with Crippen molar-refractivity contribution in [3.63, 3.8) is 0 Å². The highest BCUT2D eigenvalue weighted by Crippen LogP contribution is 2.54. The lowest BCUT2D eigenvalue weighted by molar-refractivity contribution is 0.666. The molecular formula is C28H21NS. The predicted molar refractivity (Wildman–Crippen MR) is 131 cm³/mol.